The number of amides is 3. The SMILES string of the molecule is O=C(CCN1C(=O)C2CCCCC2C1=O)NCC1(c2ccc3c(c2)OCCO3)CCCC1. The quantitative estimate of drug-likeness (QED) is 0.688. The zero-order valence-corrected chi connectivity index (χ0v) is 18.6. The molecule has 2 aliphatic carbocycles. The van der Waals surface area contributed by atoms with Crippen LogP contribution in [-0.2, 0) is 19.8 Å². The van der Waals surface area contributed by atoms with Gasteiger partial charge in [0.15, 0.2) is 11.5 Å². The van der Waals surface area contributed by atoms with Gasteiger partial charge in [0.05, 0.1) is 11.8 Å². The lowest BCUT2D eigenvalue weighted by Crippen LogP contribution is -2.41. The van der Waals surface area contributed by atoms with Crippen LogP contribution in [-0.4, -0.2) is 48.9 Å². The first-order valence-electron chi connectivity index (χ1n) is 12.1. The Bertz CT molecular complexity index is 884. The Labute approximate surface area is 188 Å². The van der Waals surface area contributed by atoms with Crippen molar-refractivity contribution in [2.75, 3.05) is 26.3 Å². The van der Waals surface area contributed by atoms with E-state index >= 15 is 0 Å². The summed E-state index contributed by atoms with van der Waals surface area (Å²) >= 11 is 0. The highest BCUT2D eigenvalue weighted by Gasteiger charge is 2.48. The summed E-state index contributed by atoms with van der Waals surface area (Å²) in [6.07, 6.45) is 8.07. The number of nitrogens with one attached hydrogen (secondary N) is 1. The molecule has 2 atom stereocenters. The van der Waals surface area contributed by atoms with Crippen molar-refractivity contribution in [1.29, 1.82) is 0 Å². The van der Waals surface area contributed by atoms with E-state index in [1.807, 2.05) is 6.07 Å². The number of hydrogen-bond donors (Lipinski definition) is 1. The standard InChI is InChI=1S/C25H32N2O5/c28-22(9-12-27-23(29)18-5-1-2-6-19(18)24(27)30)26-16-25(10-3-4-11-25)17-7-8-20-21(15-17)32-14-13-31-20/h7-8,15,18-19H,1-6,9-14,16H2,(H,26,28). The molecule has 1 aromatic rings. The third-order valence-corrected chi connectivity index (χ3v) is 7.83. The van der Waals surface area contributed by atoms with Gasteiger partial charge in [0.2, 0.25) is 17.7 Å². The van der Waals surface area contributed by atoms with Crippen LogP contribution in [0.3, 0.4) is 0 Å². The summed E-state index contributed by atoms with van der Waals surface area (Å²) in [6, 6.07) is 6.12. The third kappa shape index (κ3) is 3.86. The average Bonchev–Trinajstić information content (AvgIpc) is 3.41. The van der Waals surface area contributed by atoms with Gasteiger partial charge in [-0.3, -0.25) is 19.3 Å². The Kier molecular flexibility index (Phi) is 5.82. The molecule has 0 bridgehead atoms. The average molecular weight is 441 g/mol. The molecule has 0 aromatic heterocycles. The van der Waals surface area contributed by atoms with Gasteiger partial charge in [-0.15, -0.1) is 0 Å². The van der Waals surface area contributed by atoms with Crippen molar-refractivity contribution in [3.05, 3.63) is 23.8 Å². The number of fused-ring (bicyclic) bond motifs is 2. The maximum Gasteiger partial charge on any atom is 0.233 e. The third-order valence-electron chi connectivity index (χ3n) is 7.83. The van der Waals surface area contributed by atoms with Crippen LogP contribution in [0.25, 0.3) is 0 Å². The van der Waals surface area contributed by atoms with Crippen molar-refractivity contribution in [3.8, 4) is 11.5 Å². The first-order valence-corrected chi connectivity index (χ1v) is 12.1. The minimum Gasteiger partial charge on any atom is -0.486 e. The zero-order chi connectivity index (χ0) is 22.1. The van der Waals surface area contributed by atoms with E-state index in [1.165, 1.54) is 10.5 Å². The second-order valence-electron chi connectivity index (χ2n) is 9.70. The highest BCUT2D eigenvalue weighted by atomic mass is 16.6. The number of ether oxygens (including phenoxy) is 2. The molecule has 1 aromatic carbocycles. The topological polar surface area (TPSA) is 84.9 Å². The molecule has 1 N–H and O–H groups in total. The van der Waals surface area contributed by atoms with Crippen molar-refractivity contribution < 1.29 is 23.9 Å². The Morgan fingerprint density at radius 1 is 0.969 bits per heavy atom. The van der Waals surface area contributed by atoms with Gasteiger partial charge in [-0.2, -0.15) is 0 Å². The number of hydrogen-bond acceptors (Lipinski definition) is 5. The predicted octanol–water partition coefficient (Wildman–Crippen LogP) is 2.95. The number of carbonyl (C=O) groups is 3. The number of nitrogens with zero attached hydrogens (tertiary/aromatic N) is 1. The lowest BCUT2D eigenvalue weighted by Gasteiger charge is -2.31. The minimum absolute atomic E-state index is 0.0731. The molecule has 4 aliphatic rings. The molecule has 2 heterocycles. The molecular formula is C25H32N2O5. The summed E-state index contributed by atoms with van der Waals surface area (Å²) in [4.78, 5) is 39.3. The second-order valence-corrected chi connectivity index (χ2v) is 9.70. The Hall–Kier alpha value is -2.57. The molecule has 32 heavy (non-hydrogen) atoms. The number of imide groups is 1. The van der Waals surface area contributed by atoms with Gasteiger partial charge in [0.1, 0.15) is 13.2 Å². The summed E-state index contributed by atoms with van der Waals surface area (Å²) in [7, 11) is 0. The fraction of sp³-hybridized carbons (Fsp3) is 0.640. The van der Waals surface area contributed by atoms with E-state index in [0.29, 0.717) is 19.8 Å². The van der Waals surface area contributed by atoms with Gasteiger partial charge in [-0.25, -0.2) is 0 Å². The fourth-order valence-electron chi connectivity index (χ4n) is 6.01. The van der Waals surface area contributed by atoms with E-state index in [4.69, 9.17) is 9.47 Å². The second kappa shape index (κ2) is 8.75. The Balaban J connectivity index is 1.20. The van der Waals surface area contributed by atoms with Gasteiger partial charge in [0.25, 0.3) is 0 Å². The molecule has 5 rings (SSSR count). The molecule has 0 radical (unpaired) electrons. The van der Waals surface area contributed by atoms with E-state index in [0.717, 1.165) is 62.9 Å². The number of carbonyl (C=O) groups excluding carboxylic acids is 3. The van der Waals surface area contributed by atoms with Crippen molar-refractivity contribution in [2.24, 2.45) is 11.8 Å². The van der Waals surface area contributed by atoms with Crippen molar-refractivity contribution in [1.82, 2.24) is 10.2 Å². The lowest BCUT2D eigenvalue weighted by molar-refractivity contribution is -0.140. The van der Waals surface area contributed by atoms with Crippen LogP contribution in [0, 0.1) is 11.8 Å². The van der Waals surface area contributed by atoms with Gasteiger partial charge in [0, 0.05) is 24.9 Å². The van der Waals surface area contributed by atoms with Crippen LogP contribution in [0.4, 0.5) is 0 Å². The van der Waals surface area contributed by atoms with E-state index in [2.05, 4.69) is 17.4 Å². The smallest absolute Gasteiger partial charge is 0.233 e. The first kappa shape index (κ1) is 21.3. The zero-order valence-electron chi connectivity index (χ0n) is 18.6. The highest BCUT2D eigenvalue weighted by molar-refractivity contribution is 6.05. The van der Waals surface area contributed by atoms with E-state index in [-0.39, 0.29) is 47.9 Å². The maximum absolute atomic E-state index is 12.7. The Morgan fingerprint density at radius 3 is 2.31 bits per heavy atom. The van der Waals surface area contributed by atoms with Gasteiger partial charge in [-0.1, -0.05) is 31.7 Å². The molecule has 172 valence electrons. The lowest BCUT2D eigenvalue weighted by atomic mass is 9.78. The molecule has 2 saturated carbocycles. The first-order chi connectivity index (χ1) is 15.6. The minimum atomic E-state index is -0.156. The van der Waals surface area contributed by atoms with Crippen molar-refractivity contribution >= 4 is 17.7 Å². The fourth-order valence-corrected chi connectivity index (χ4v) is 6.01. The highest BCUT2D eigenvalue weighted by Crippen LogP contribution is 2.44. The van der Waals surface area contributed by atoms with Crippen molar-refractivity contribution in [3.63, 3.8) is 0 Å². The molecule has 2 unspecified atom stereocenters. The number of rotatable bonds is 6. The van der Waals surface area contributed by atoms with Gasteiger partial charge < -0.3 is 14.8 Å². The monoisotopic (exact) mass is 440 g/mol. The molecule has 3 fully saturated rings. The van der Waals surface area contributed by atoms with E-state index in [1.54, 1.807) is 0 Å². The predicted molar refractivity (Wildman–Crippen MR) is 117 cm³/mol. The molecule has 0 spiro atoms. The molecule has 7 nitrogen and oxygen atoms in total. The van der Waals surface area contributed by atoms with Crippen LogP contribution in [0.2, 0.25) is 0 Å². The summed E-state index contributed by atoms with van der Waals surface area (Å²) in [6.45, 7) is 1.86. The van der Waals surface area contributed by atoms with Crippen LogP contribution < -0.4 is 14.8 Å². The normalized spacial score (nSPS) is 26.2. The summed E-state index contributed by atoms with van der Waals surface area (Å²) in [5, 5.41) is 3.10. The van der Waals surface area contributed by atoms with Crippen LogP contribution >= 0.6 is 0 Å². The number of benzene rings is 1. The molecule has 7 heteroatoms. The van der Waals surface area contributed by atoms with Gasteiger partial charge >= 0.3 is 0 Å². The molecule has 1 saturated heterocycles. The van der Waals surface area contributed by atoms with Crippen LogP contribution in [0.15, 0.2) is 18.2 Å². The summed E-state index contributed by atoms with van der Waals surface area (Å²) in [5.41, 5.74) is 1.06. The maximum atomic E-state index is 12.7. The van der Waals surface area contributed by atoms with Crippen LogP contribution in [0.5, 0.6) is 11.5 Å². The largest absolute Gasteiger partial charge is 0.486 e. The van der Waals surface area contributed by atoms with Gasteiger partial charge in [-0.05, 0) is 43.4 Å². The van der Waals surface area contributed by atoms with E-state index in [9.17, 15) is 14.4 Å². The summed E-state index contributed by atoms with van der Waals surface area (Å²) < 4.78 is 11.4. The molecular weight excluding hydrogens is 408 g/mol. The number of likely N-dealkylation sites (tertiary alicyclic amines) is 1. The molecule has 2 aliphatic heterocycles. The van der Waals surface area contributed by atoms with Crippen molar-refractivity contribution in [2.45, 2.75) is 63.2 Å². The Morgan fingerprint density at radius 2 is 1.62 bits per heavy atom. The summed E-state index contributed by atoms with van der Waals surface area (Å²) in [5.74, 6) is 0.987. The van der Waals surface area contributed by atoms with E-state index < -0.39 is 0 Å². The molecule has 3 amide bonds. The van der Waals surface area contributed by atoms with Crippen LogP contribution in [0.1, 0.15) is 63.4 Å².